The topological polar surface area (TPSA) is 93.3 Å². The van der Waals surface area contributed by atoms with E-state index in [0.29, 0.717) is 5.82 Å². The van der Waals surface area contributed by atoms with E-state index in [1.165, 1.54) is 35.4 Å². The van der Waals surface area contributed by atoms with Gasteiger partial charge in [0.05, 0.1) is 16.5 Å². The van der Waals surface area contributed by atoms with Crippen molar-refractivity contribution >= 4 is 39.3 Å². The van der Waals surface area contributed by atoms with Crippen molar-refractivity contribution in [3.63, 3.8) is 0 Å². The second-order valence-corrected chi connectivity index (χ2v) is 6.92. The molecule has 25 heavy (non-hydrogen) atoms. The molecule has 0 atom stereocenters. The predicted molar refractivity (Wildman–Crippen MR) is 98.4 cm³/mol. The molecule has 0 amide bonds. The largest absolute Gasteiger partial charge is 0.269 e. The number of non-ortho nitro benzene ring substituents is 1. The van der Waals surface area contributed by atoms with Crippen LogP contribution in [0.15, 0.2) is 35.7 Å². The van der Waals surface area contributed by atoms with Gasteiger partial charge in [-0.3, -0.25) is 15.5 Å². The van der Waals surface area contributed by atoms with Crippen molar-refractivity contribution in [3.05, 3.63) is 56.7 Å². The summed E-state index contributed by atoms with van der Waals surface area (Å²) in [5.41, 5.74) is 5.18. The van der Waals surface area contributed by atoms with E-state index in [2.05, 4.69) is 20.5 Å². The van der Waals surface area contributed by atoms with Crippen LogP contribution >= 0.6 is 11.3 Å². The van der Waals surface area contributed by atoms with Crippen LogP contribution in [0.3, 0.4) is 0 Å². The second-order valence-electron chi connectivity index (χ2n) is 5.83. The highest BCUT2D eigenvalue weighted by molar-refractivity contribution is 7.19. The average Bonchev–Trinajstić information content (AvgIpc) is 3.01. The van der Waals surface area contributed by atoms with Crippen molar-refractivity contribution in [2.75, 3.05) is 5.43 Å². The number of nitrogens with zero attached hydrogens (tertiary/aromatic N) is 4. The van der Waals surface area contributed by atoms with Crippen molar-refractivity contribution < 1.29 is 4.92 Å². The Kier molecular flexibility index (Phi) is 4.10. The minimum atomic E-state index is -0.420. The van der Waals surface area contributed by atoms with E-state index < -0.39 is 4.92 Å². The molecular formula is C17H15N5O2S. The van der Waals surface area contributed by atoms with Crippen LogP contribution < -0.4 is 5.43 Å². The number of nitro benzene ring substituents is 1. The molecule has 1 aliphatic rings. The van der Waals surface area contributed by atoms with Crippen LogP contribution in [0.5, 0.6) is 0 Å². The smallest absolute Gasteiger partial charge is 0.261 e. The summed E-state index contributed by atoms with van der Waals surface area (Å²) in [5.74, 6) is 0.711. The molecule has 8 heteroatoms. The molecule has 1 N–H and O–H groups in total. The fraction of sp³-hybridized carbons (Fsp3) is 0.235. The number of fused-ring (bicyclic) bond motifs is 3. The number of anilines is 1. The molecule has 0 aliphatic heterocycles. The van der Waals surface area contributed by atoms with Crippen molar-refractivity contribution in [2.24, 2.45) is 5.10 Å². The van der Waals surface area contributed by atoms with E-state index in [-0.39, 0.29) is 5.69 Å². The molecule has 126 valence electrons. The molecule has 0 saturated carbocycles. The van der Waals surface area contributed by atoms with Gasteiger partial charge in [0.25, 0.3) is 5.69 Å². The van der Waals surface area contributed by atoms with Gasteiger partial charge < -0.3 is 0 Å². The van der Waals surface area contributed by atoms with E-state index in [1.54, 1.807) is 36.0 Å². The lowest BCUT2D eigenvalue weighted by atomic mass is 9.97. The molecule has 1 aliphatic carbocycles. The molecule has 2 heterocycles. The highest BCUT2D eigenvalue weighted by Crippen LogP contribution is 2.38. The summed E-state index contributed by atoms with van der Waals surface area (Å²) in [7, 11) is 0. The lowest BCUT2D eigenvalue weighted by Crippen LogP contribution is -2.01. The maximum absolute atomic E-state index is 10.7. The summed E-state index contributed by atoms with van der Waals surface area (Å²) in [5, 5.41) is 16.0. The normalized spacial score (nSPS) is 13.9. The lowest BCUT2D eigenvalue weighted by molar-refractivity contribution is -0.384. The van der Waals surface area contributed by atoms with Crippen LogP contribution in [0.25, 0.3) is 10.2 Å². The Morgan fingerprint density at radius 1 is 1.20 bits per heavy atom. The van der Waals surface area contributed by atoms with Crippen LogP contribution in [0.1, 0.15) is 28.8 Å². The Labute approximate surface area is 147 Å². The number of hydrazone groups is 1. The minimum Gasteiger partial charge on any atom is -0.261 e. The second kappa shape index (κ2) is 6.56. The molecule has 4 rings (SSSR count). The first-order valence-corrected chi connectivity index (χ1v) is 8.83. The summed E-state index contributed by atoms with van der Waals surface area (Å²) in [6.07, 6.45) is 7.77. The van der Waals surface area contributed by atoms with Gasteiger partial charge in [0.1, 0.15) is 11.2 Å². The van der Waals surface area contributed by atoms with E-state index in [9.17, 15) is 10.1 Å². The quantitative estimate of drug-likeness (QED) is 0.436. The average molecular weight is 353 g/mol. The Morgan fingerprint density at radius 3 is 2.80 bits per heavy atom. The van der Waals surface area contributed by atoms with Gasteiger partial charge in [0, 0.05) is 17.0 Å². The summed E-state index contributed by atoms with van der Waals surface area (Å²) < 4.78 is 0. The standard InChI is InChI=1S/C17H15N5O2S/c23-22(24)12-7-5-11(6-8-12)9-20-21-16-15-13-3-1-2-4-14(13)25-17(15)19-10-18-16/h5-10H,1-4H2,(H,18,19,21). The predicted octanol–water partition coefficient (Wildman–Crippen LogP) is 3.92. The number of hydrogen-bond acceptors (Lipinski definition) is 7. The number of aryl methyl sites for hydroxylation is 2. The first-order valence-electron chi connectivity index (χ1n) is 8.01. The first kappa shape index (κ1) is 15.6. The molecule has 7 nitrogen and oxygen atoms in total. The van der Waals surface area contributed by atoms with E-state index in [4.69, 9.17) is 0 Å². The Balaban J connectivity index is 1.58. The Bertz CT molecular complexity index is 965. The van der Waals surface area contributed by atoms with Gasteiger partial charge in [0.2, 0.25) is 0 Å². The summed E-state index contributed by atoms with van der Waals surface area (Å²) in [6, 6.07) is 6.23. The van der Waals surface area contributed by atoms with Crippen molar-refractivity contribution in [1.29, 1.82) is 0 Å². The third-order valence-electron chi connectivity index (χ3n) is 4.24. The molecule has 0 fully saturated rings. The number of nitrogens with one attached hydrogen (secondary N) is 1. The molecular weight excluding hydrogens is 338 g/mol. The van der Waals surface area contributed by atoms with Gasteiger partial charge >= 0.3 is 0 Å². The number of nitro groups is 1. The number of thiophene rings is 1. The zero-order chi connectivity index (χ0) is 17.2. The minimum absolute atomic E-state index is 0.0625. The lowest BCUT2D eigenvalue weighted by Gasteiger charge is -2.11. The van der Waals surface area contributed by atoms with Gasteiger partial charge in [-0.15, -0.1) is 11.3 Å². The maximum Gasteiger partial charge on any atom is 0.269 e. The SMILES string of the molecule is O=[N+]([O-])c1ccc(C=NNc2ncnc3sc4c(c23)CCCC4)cc1. The summed E-state index contributed by atoms with van der Waals surface area (Å²) in [6.45, 7) is 0. The van der Waals surface area contributed by atoms with Crippen LogP contribution in [0.4, 0.5) is 11.5 Å². The zero-order valence-corrected chi connectivity index (χ0v) is 14.1. The summed E-state index contributed by atoms with van der Waals surface area (Å²) in [4.78, 5) is 21.4. The Morgan fingerprint density at radius 2 is 2.00 bits per heavy atom. The number of benzene rings is 1. The molecule has 0 radical (unpaired) electrons. The third-order valence-corrected chi connectivity index (χ3v) is 5.44. The van der Waals surface area contributed by atoms with E-state index >= 15 is 0 Å². The number of rotatable bonds is 4. The van der Waals surface area contributed by atoms with Gasteiger partial charge in [-0.05, 0) is 48.9 Å². The highest BCUT2D eigenvalue weighted by atomic mass is 32.1. The van der Waals surface area contributed by atoms with Crippen molar-refractivity contribution in [3.8, 4) is 0 Å². The molecule has 0 unspecified atom stereocenters. The number of aromatic nitrogens is 2. The van der Waals surface area contributed by atoms with E-state index in [1.807, 2.05) is 0 Å². The monoisotopic (exact) mass is 353 g/mol. The Hall–Kier alpha value is -2.87. The molecule has 3 aromatic rings. The molecule has 0 bridgehead atoms. The molecule has 2 aromatic heterocycles. The third kappa shape index (κ3) is 3.08. The van der Waals surface area contributed by atoms with Crippen LogP contribution in [-0.4, -0.2) is 21.1 Å². The fourth-order valence-corrected chi connectivity index (χ4v) is 4.25. The first-order chi connectivity index (χ1) is 12.2. The van der Waals surface area contributed by atoms with Gasteiger partial charge in [-0.2, -0.15) is 5.10 Å². The van der Waals surface area contributed by atoms with Crippen molar-refractivity contribution in [1.82, 2.24) is 9.97 Å². The number of hydrogen-bond donors (Lipinski definition) is 1. The zero-order valence-electron chi connectivity index (χ0n) is 13.3. The van der Waals surface area contributed by atoms with Gasteiger partial charge in [-0.25, -0.2) is 9.97 Å². The summed E-state index contributed by atoms with van der Waals surface area (Å²) >= 11 is 1.74. The van der Waals surface area contributed by atoms with Crippen molar-refractivity contribution in [2.45, 2.75) is 25.7 Å². The fourth-order valence-electron chi connectivity index (χ4n) is 3.03. The molecule has 0 spiro atoms. The molecule has 1 aromatic carbocycles. The van der Waals surface area contributed by atoms with Gasteiger partial charge in [-0.1, -0.05) is 0 Å². The maximum atomic E-state index is 10.7. The van der Waals surface area contributed by atoms with Crippen LogP contribution in [0, 0.1) is 10.1 Å². The van der Waals surface area contributed by atoms with Gasteiger partial charge in [0.15, 0.2) is 5.82 Å². The van der Waals surface area contributed by atoms with Crippen LogP contribution in [0.2, 0.25) is 0 Å². The molecule has 0 saturated heterocycles. The highest BCUT2D eigenvalue weighted by Gasteiger charge is 2.19. The van der Waals surface area contributed by atoms with E-state index in [0.717, 1.165) is 28.6 Å². The van der Waals surface area contributed by atoms with Crippen LogP contribution in [-0.2, 0) is 12.8 Å².